The molecule has 0 fully saturated rings. The number of aliphatic hydroxyl groups is 2. The average molecular weight is 547 g/mol. The molecule has 0 bridgehead atoms. The van der Waals surface area contributed by atoms with Crippen molar-refractivity contribution in [1.82, 2.24) is 4.98 Å². The minimum absolute atomic E-state index is 0.109. The van der Waals surface area contributed by atoms with Gasteiger partial charge in [-0.25, -0.2) is 9.37 Å². The number of anilines is 1. The molecular formula is C29H39FN2O5S. The van der Waals surface area contributed by atoms with E-state index < -0.39 is 11.6 Å². The lowest BCUT2D eigenvalue weighted by Crippen LogP contribution is -2.15. The number of pyridine rings is 1. The van der Waals surface area contributed by atoms with Gasteiger partial charge in [0.05, 0.1) is 19.1 Å². The molecule has 0 saturated carbocycles. The van der Waals surface area contributed by atoms with Crippen LogP contribution in [0.2, 0.25) is 0 Å². The number of aliphatic carboxylic acids is 1. The molecule has 3 aromatic rings. The molecule has 2 aromatic carbocycles. The molecule has 38 heavy (non-hydrogen) atoms. The Morgan fingerprint density at radius 3 is 2.16 bits per heavy atom. The second kappa shape index (κ2) is 14.7. The number of carbonyl (C=O) groups is 1. The number of thiol groups is 1. The summed E-state index contributed by atoms with van der Waals surface area (Å²) in [5.74, 6) is -0.688. The van der Waals surface area contributed by atoms with E-state index in [2.05, 4.69) is 22.9 Å². The minimum Gasteiger partial charge on any atom is -0.481 e. The Labute approximate surface area is 230 Å². The Bertz CT molecular complexity index is 1220. The number of nitrogens with one attached hydrogen (secondary N) is 1. The Balaban J connectivity index is 0.000000709. The monoisotopic (exact) mass is 546 g/mol. The predicted octanol–water partition coefficient (Wildman–Crippen LogP) is 5.66. The smallest absolute Gasteiger partial charge is 0.307 e. The van der Waals surface area contributed by atoms with E-state index in [1.165, 1.54) is 12.1 Å². The maximum Gasteiger partial charge on any atom is 0.307 e. The largest absolute Gasteiger partial charge is 0.481 e. The zero-order valence-electron chi connectivity index (χ0n) is 23.3. The summed E-state index contributed by atoms with van der Waals surface area (Å²) in [6.45, 7) is 9.73. The molecule has 0 unspecified atom stereocenters. The van der Waals surface area contributed by atoms with E-state index in [9.17, 15) is 14.3 Å². The van der Waals surface area contributed by atoms with Crippen molar-refractivity contribution in [2.75, 3.05) is 25.8 Å². The number of fused-ring (bicyclic) bond motifs is 3. The fourth-order valence-electron chi connectivity index (χ4n) is 4.14. The van der Waals surface area contributed by atoms with E-state index in [1.54, 1.807) is 52.5 Å². The summed E-state index contributed by atoms with van der Waals surface area (Å²) in [5.41, 5.74) is 7.64. The standard InChI is InChI=1S/C23H21FN2O3.C4H10O.CH4O.CH4S/c1-12-17(9-20(27)28)21(14-4-6-16(24)7-5-14)13(2)22-18-11-25-19(29-3)8-15(18)10-26-23(12)22;1-4(2,3)5;2*1-2/h4-8,11,26H,9-10H2,1-3H3,(H,27,28);5H,1-3H3;2*2H,1H3. The number of methoxy groups -OCH3 is 1. The van der Waals surface area contributed by atoms with Gasteiger partial charge in [0, 0.05) is 42.7 Å². The van der Waals surface area contributed by atoms with Gasteiger partial charge >= 0.3 is 5.97 Å². The Morgan fingerprint density at radius 1 is 1.11 bits per heavy atom. The molecule has 4 rings (SSSR count). The maximum absolute atomic E-state index is 13.5. The van der Waals surface area contributed by atoms with Gasteiger partial charge in [-0.15, -0.1) is 0 Å². The van der Waals surface area contributed by atoms with Crippen molar-refractivity contribution in [3.05, 3.63) is 64.6 Å². The number of ether oxygens (including phenoxy) is 1. The zero-order chi connectivity index (χ0) is 29.2. The highest BCUT2D eigenvalue weighted by atomic mass is 32.1. The van der Waals surface area contributed by atoms with Crippen LogP contribution >= 0.6 is 12.6 Å². The lowest BCUT2D eigenvalue weighted by molar-refractivity contribution is -0.136. The van der Waals surface area contributed by atoms with Crippen molar-refractivity contribution in [2.45, 2.75) is 53.2 Å². The number of rotatable bonds is 4. The van der Waals surface area contributed by atoms with Crippen LogP contribution in [0.1, 0.15) is 43.0 Å². The van der Waals surface area contributed by atoms with Crippen LogP contribution in [0.15, 0.2) is 36.5 Å². The summed E-state index contributed by atoms with van der Waals surface area (Å²) in [6.07, 6.45) is 3.38. The first-order valence-electron chi connectivity index (χ1n) is 11.9. The van der Waals surface area contributed by atoms with E-state index in [0.717, 1.165) is 57.3 Å². The molecule has 2 heterocycles. The van der Waals surface area contributed by atoms with E-state index in [-0.39, 0.29) is 12.2 Å². The molecule has 0 aliphatic carbocycles. The predicted molar refractivity (Wildman–Crippen MR) is 155 cm³/mol. The molecule has 0 atom stereocenters. The van der Waals surface area contributed by atoms with Gasteiger partial charge in [-0.05, 0) is 86.4 Å². The van der Waals surface area contributed by atoms with Crippen LogP contribution in [-0.2, 0) is 17.8 Å². The van der Waals surface area contributed by atoms with Crippen molar-refractivity contribution >= 4 is 24.3 Å². The fraction of sp³-hybridized carbons (Fsp3) is 0.379. The average Bonchev–Trinajstić information content (AvgIpc) is 2.88. The second-order valence-electron chi connectivity index (χ2n) is 9.34. The van der Waals surface area contributed by atoms with Gasteiger partial charge < -0.3 is 25.4 Å². The van der Waals surface area contributed by atoms with Crippen LogP contribution < -0.4 is 10.1 Å². The van der Waals surface area contributed by atoms with Crippen LogP contribution in [0.25, 0.3) is 22.3 Å². The molecular weight excluding hydrogens is 507 g/mol. The topological polar surface area (TPSA) is 112 Å². The zero-order valence-corrected chi connectivity index (χ0v) is 24.2. The van der Waals surface area contributed by atoms with Crippen molar-refractivity contribution in [3.63, 3.8) is 0 Å². The number of halogens is 1. The number of benzene rings is 2. The number of hydrogen-bond donors (Lipinski definition) is 5. The van der Waals surface area contributed by atoms with Gasteiger partial charge in [0.15, 0.2) is 0 Å². The molecule has 7 nitrogen and oxygen atoms in total. The molecule has 4 N–H and O–H groups in total. The number of nitrogens with zero attached hydrogens (tertiary/aromatic N) is 1. The minimum atomic E-state index is -0.904. The normalized spacial score (nSPS) is 11.1. The van der Waals surface area contributed by atoms with E-state index in [1.807, 2.05) is 19.9 Å². The number of carboxylic acid groups (broad SMARTS) is 1. The van der Waals surface area contributed by atoms with Gasteiger partial charge in [-0.3, -0.25) is 4.79 Å². The van der Waals surface area contributed by atoms with Crippen LogP contribution in [0.3, 0.4) is 0 Å². The first-order chi connectivity index (χ1) is 17.9. The summed E-state index contributed by atoms with van der Waals surface area (Å²) in [6, 6.07) is 8.08. The first kappa shape index (κ1) is 32.9. The number of hydrogen-bond acceptors (Lipinski definition) is 7. The van der Waals surface area contributed by atoms with Crippen LogP contribution in [0.5, 0.6) is 5.88 Å². The first-order valence-corrected chi connectivity index (χ1v) is 12.8. The van der Waals surface area contributed by atoms with Gasteiger partial charge in [0.1, 0.15) is 5.82 Å². The molecule has 0 saturated heterocycles. The van der Waals surface area contributed by atoms with Crippen molar-refractivity contribution in [2.24, 2.45) is 0 Å². The molecule has 208 valence electrons. The van der Waals surface area contributed by atoms with Gasteiger partial charge in [0.25, 0.3) is 0 Å². The van der Waals surface area contributed by atoms with E-state index >= 15 is 0 Å². The third-order valence-electron chi connectivity index (χ3n) is 5.49. The van der Waals surface area contributed by atoms with Crippen molar-refractivity contribution in [1.29, 1.82) is 0 Å². The Morgan fingerprint density at radius 2 is 1.66 bits per heavy atom. The van der Waals surface area contributed by atoms with Crippen molar-refractivity contribution < 1.29 is 29.2 Å². The summed E-state index contributed by atoms with van der Waals surface area (Å²) in [7, 11) is 2.58. The van der Waals surface area contributed by atoms with Crippen LogP contribution in [-0.4, -0.2) is 52.3 Å². The third-order valence-corrected chi connectivity index (χ3v) is 5.49. The molecule has 0 spiro atoms. The van der Waals surface area contributed by atoms with E-state index in [4.69, 9.17) is 14.9 Å². The Hall–Kier alpha value is -3.14. The number of aromatic nitrogens is 1. The second-order valence-corrected chi connectivity index (χ2v) is 9.34. The summed E-state index contributed by atoms with van der Waals surface area (Å²) < 4.78 is 18.8. The highest BCUT2D eigenvalue weighted by molar-refractivity contribution is 7.79. The molecule has 1 aliphatic heterocycles. The molecule has 1 aromatic heterocycles. The lowest BCUT2D eigenvalue weighted by Gasteiger charge is -2.29. The molecule has 9 heteroatoms. The molecule has 0 radical (unpaired) electrons. The SMILES string of the molecule is CC(C)(C)O.CO.COc1cc2c(cn1)-c1c(C)c(-c3ccc(F)cc3)c(CC(=O)O)c(C)c1NC2.CS. The summed E-state index contributed by atoms with van der Waals surface area (Å²) >= 11 is 3.53. The molecule has 0 amide bonds. The highest BCUT2D eigenvalue weighted by Crippen LogP contribution is 2.46. The highest BCUT2D eigenvalue weighted by Gasteiger charge is 2.27. The summed E-state index contributed by atoms with van der Waals surface area (Å²) in [5, 5.41) is 28.5. The lowest BCUT2D eigenvalue weighted by atomic mass is 9.81. The van der Waals surface area contributed by atoms with E-state index in [0.29, 0.717) is 12.4 Å². The third kappa shape index (κ3) is 8.44. The van der Waals surface area contributed by atoms with Gasteiger partial charge in [0.2, 0.25) is 5.88 Å². The van der Waals surface area contributed by atoms with Gasteiger partial charge in [-0.2, -0.15) is 12.6 Å². The Kier molecular flexibility index (Phi) is 12.7. The fourth-order valence-corrected chi connectivity index (χ4v) is 4.14. The maximum atomic E-state index is 13.5. The van der Waals surface area contributed by atoms with Crippen LogP contribution in [0.4, 0.5) is 10.1 Å². The summed E-state index contributed by atoms with van der Waals surface area (Å²) in [4.78, 5) is 16.0. The molecule has 1 aliphatic rings. The number of carboxylic acids is 1. The van der Waals surface area contributed by atoms with Crippen LogP contribution in [0, 0.1) is 19.7 Å². The van der Waals surface area contributed by atoms with Crippen molar-refractivity contribution in [3.8, 4) is 28.1 Å². The van der Waals surface area contributed by atoms with Gasteiger partial charge in [-0.1, -0.05) is 12.1 Å². The number of aliphatic hydroxyl groups excluding tert-OH is 1. The quantitative estimate of drug-likeness (QED) is 0.268.